The Labute approximate surface area is 185 Å². The first-order valence-corrected chi connectivity index (χ1v) is 10.2. The van der Waals surface area contributed by atoms with E-state index >= 15 is 0 Å². The summed E-state index contributed by atoms with van der Waals surface area (Å²) in [4.78, 5) is 29.4. The molecular weight excluding hydrogens is 404 g/mol. The number of nitrogens with one attached hydrogen (secondary N) is 2. The number of carbonyl (C=O) groups is 1. The van der Waals surface area contributed by atoms with Gasteiger partial charge in [0, 0.05) is 18.0 Å². The van der Waals surface area contributed by atoms with Gasteiger partial charge in [0.05, 0.1) is 11.4 Å². The molecule has 0 saturated heterocycles. The second kappa shape index (κ2) is 8.93. The van der Waals surface area contributed by atoms with Crippen LogP contribution >= 0.6 is 0 Å². The van der Waals surface area contributed by atoms with Crippen LogP contribution in [0.2, 0.25) is 0 Å². The van der Waals surface area contributed by atoms with Gasteiger partial charge in [-0.2, -0.15) is 0 Å². The van der Waals surface area contributed by atoms with E-state index in [4.69, 9.17) is 4.74 Å². The summed E-state index contributed by atoms with van der Waals surface area (Å²) in [5.41, 5.74) is 5.35. The number of carbonyl (C=O) groups excluding carboxylic acids is 1. The number of anilines is 2. The highest BCUT2D eigenvalue weighted by molar-refractivity contribution is 6.00. The van der Waals surface area contributed by atoms with Crippen molar-refractivity contribution in [2.45, 2.75) is 27.4 Å². The van der Waals surface area contributed by atoms with Crippen molar-refractivity contribution in [1.82, 2.24) is 9.38 Å². The second-order valence-electron chi connectivity index (χ2n) is 7.68. The van der Waals surface area contributed by atoms with Crippen LogP contribution in [0, 0.1) is 20.8 Å². The molecule has 2 N–H and O–H groups in total. The first kappa shape index (κ1) is 21.1. The van der Waals surface area contributed by atoms with Crippen molar-refractivity contribution in [3.8, 4) is 5.75 Å². The minimum absolute atomic E-state index is 0.0943. The van der Waals surface area contributed by atoms with Gasteiger partial charge in [-0.25, -0.2) is 9.78 Å². The number of nitrogens with zero attached hydrogens (tertiary/aromatic N) is 2. The lowest BCUT2D eigenvalue weighted by Crippen LogP contribution is -2.20. The molecule has 4 aromatic rings. The maximum Gasteiger partial charge on any atom is 0.323 e. The maximum absolute atomic E-state index is 12.5. The van der Waals surface area contributed by atoms with Gasteiger partial charge in [-0.1, -0.05) is 24.3 Å². The molecule has 0 bridgehead atoms. The van der Waals surface area contributed by atoms with Gasteiger partial charge in [-0.3, -0.25) is 9.20 Å². The number of urea groups is 1. The third-order valence-corrected chi connectivity index (χ3v) is 5.14. The van der Waals surface area contributed by atoms with Crippen molar-refractivity contribution in [2.24, 2.45) is 0 Å². The molecule has 162 valence electrons. The molecule has 2 heterocycles. The van der Waals surface area contributed by atoms with Crippen LogP contribution in [0.25, 0.3) is 5.65 Å². The van der Waals surface area contributed by atoms with Crippen molar-refractivity contribution in [3.05, 3.63) is 99.6 Å². The topological polar surface area (TPSA) is 84.7 Å². The number of aryl methyl sites for hydroxylation is 3. The van der Waals surface area contributed by atoms with E-state index in [-0.39, 0.29) is 18.2 Å². The quantitative estimate of drug-likeness (QED) is 0.476. The molecular formula is C25H24N4O3. The zero-order valence-corrected chi connectivity index (χ0v) is 18.2. The maximum atomic E-state index is 12.5. The predicted molar refractivity (Wildman–Crippen MR) is 126 cm³/mol. The minimum atomic E-state index is -0.373. The summed E-state index contributed by atoms with van der Waals surface area (Å²) in [6.07, 6.45) is 1.75. The van der Waals surface area contributed by atoms with E-state index in [1.807, 2.05) is 57.2 Å². The zero-order valence-electron chi connectivity index (χ0n) is 18.2. The number of benzene rings is 2. The fourth-order valence-electron chi connectivity index (χ4n) is 3.28. The van der Waals surface area contributed by atoms with Crippen LogP contribution in [0.1, 0.15) is 22.4 Å². The van der Waals surface area contributed by atoms with E-state index in [2.05, 4.69) is 15.6 Å². The third kappa shape index (κ3) is 4.78. The molecule has 4 rings (SSSR count). The van der Waals surface area contributed by atoms with Crippen LogP contribution in [0.4, 0.5) is 16.2 Å². The van der Waals surface area contributed by atoms with Gasteiger partial charge in [0.1, 0.15) is 18.0 Å². The van der Waals surface area contributed by atoms with Gasteiger partial charge < -0.3 is 15.4 Å². The Kier molecular flexibility index (Phi) is 5.89. The summed E-state index contributed by atoms with van der Waals surface area (Å²) in [5.74, 6) is 0.480. The molecule has 32 heavy (non-hydrogen) atoms. The monoisotopic (exact) mass is 428 g/mol. The summed E-state index contributed by atoms with van der Waals surface area (Å²) in [6, 6.07) is 17.6. The molecule has 0 aliphatic rings. The Morgan fingerprint density at radius 2 is 1.78 bits per heavy atom. The molecule has 7 nitrogen and oxygen atoms in total. The molecule has 2 amide bonds. The van der Waals surface area contributed by atoms with Gasteiger partial charge in [-0.15, -0.1) is 0 Å². The molecule has 0 atom stereocenters. The van der Waals surface area contributed by atoms with Crippen molar-refractivity contribution in [3.63, 3.8) is 0 Å². The fourth-order valence-corrected chi connectivity index (χ4v) is 3.28. The number of ether oxygens (including phenoxy) is 1. The van der Waals surface area contributed by atoms with E-state index in [0.29, 0.717) is 28.5 Å². The summed E-state index contributed by atoms with van der Waals surface area (Å²) < 4.78 is 7.39. The minimum Gasteiger partial charge on any atom is -0.485 e. The largest absolute Gasteiger partial charge is 0.485 e. The van der Waals surface area contributed by atoms with Crippen molar-refractivity contribution < 1.29 is 9.53 Å². The first-order valence-electron chi connectivity index (χ1n) is 10.2. The van der Waals surface area contributed by atoms with Crippen LogP contribution in [0.15, 0.2) is 71.7 Å². The van der Waals surface area contributed by atoms with Gasteiger partial charge in [0.2, 0.25) is 0 Å². The Bertz CT molecular complexity index is 1360. The average Bonchev–Trinajstić information content (AvgIpc) is 2.76. The number of fused-ring (bicyclic) bond motifs is 1. The number of hydrogen-bond donors (Lipinski definition) is 2. The third-order valence-electron chi connectivity index (χ3n) is 5.14. The van der Waals surface area contributed by atoms with Crippen LogP contribution < -0.4 is 20.9 Å². The van der Waals surface area contributed by atoms with Gasteiger partial charge in [-0.05, 0) is 67.8 Å². The Hall–Kier alpha value is -4.13. The standard InChI is InChI=1S/C25H24N4O3/c1-16-8-11-23-26-20(13-24(30)29(23)14-16)15-32-22-7-5-4-6-21(22)28-25(31)27-19-10-9-17(2)18(3)12-19/h4-14H,15H2,1-3H3,(H2,27,28,31). The number of rotatable bonds is 5. The molecule has 0 spiro atoms. The molecule has 0 aliphatic carbocycles. The first-order chi connectivity index (χ1) is 15.4. The lowest BCUT2D eigenvalue weighted by Gasteiger charge is -2.13. The van der Waals surface area contributed by atoms with Crippen LogP contribution in [0.3, 0.4) is 0 Å². The molecule has 0 unspecified atom stereocenters. The molecule has 2 aromatic heterocycles. The molecule has 0 aliphatic heterocycles. The van der Waals surface area contributed by atoms with E-state index in [0.717, 1.165) is 16.7 Å². The average molecular weight is 428 g/mol. The summed E-state index contributed by atoms with van der Waals surface area (Å²) in [6.45, 7) is 6.03. The predicted octanol–water partition coefficient (Wildman–Crippen LogP) is 4.84. The second-order valence-corrected chi connectivity index (χ2v) is 7.68. The molecule has 0 saturated carbocycles. The van der Waals surface area contributed by atoms with Gasteiger partial charge >= 0.3 is 6.03 Å². The van der Waals surface area contributed by atoms with E-state index in [1.54, 1.807) is 24.4 Å². The Balaban J connectivity index is 1.47. The summed E-state index contributed by atoms with van der Waals surface area (Å²) in [7, 11) is 0. The number of amides is 2. The molecule has 0 fully saturated rings. The highest BCUT2D eigenvalue weighted by Crippen LogP contribution is 2.25. The summed E-state index contributed by atoms with van der Waals surface area (Å²) in [5, 5.41) is 5.64. The molecule has 2 aromatic carbocycles. The number of aromatic nitrogens is 2. The molecule has 0 radical (unpaired) electrons. The highest BCUT2D eigenvalue weighted by Gasteiger charge is 2.10. The van der Waals surface area contributed by atoms with E-state index in [9.17, 15) is 9.59 Å². The van der Waals surface area contributed by atoms with Gasteiger partial charge in [0.25, 0.3) is 5.56 Å². The van der Waals surface area contributed by atoms with Crippen LogP contribution in [0.5, 0.6) is 5.75 Å². The number of para-hydroxylation sites is 2. The van der Waals surface area contributed by atoms with Crippen LogP contribution in [-0.2, 0) is 6.61 Å². The Morgan fingerprint density at radius 1 is 0.969 bits per heavy atom. The lowest BCUT2D eigenvalue weighted by atomic mass is 10.1. The van der Waals surface area contributed by atoms with E-state index < -0.39 is 0 Å². The smallest absolute Gasteiger partial charge is 0.323 e. The summed E-state index contributed by atoms with van der Waals surface area (Å²) >= 11 is 0. The van der Waals surface area contributed by atoms with Crippen LogP contribution in [-0.4, -0.2) is 15.4 Å². The fraction of sp³-hybridized carbons (Fsp3) is 0.160. The van der Waals surface area contributed by atoms with Crippen molar-refractivity contribution >= 4 is 23.1 Å². The van der Waals surface area contributed by atoms with Crippen molar-refractivity contribution in [2.75, 3.05) is 10.6 Å². The van der Waals surface area contributed by atoms with E-state index in [1.165, 1.54) is 10.5 Å². The van der Waals surface area contributed by atoms with Crippen molar-refractivity contribution in [1.29, 1.82) is 0 Å². The number of pyridine rings is 1. The number of hydrogen-bond acceptors (Lipinski definition) is 4. The SMILES string of the molecule is Cc1ccc2nc(COc3ccccc3NC(=O)Nc3ccc(C)c(C)c3)cc(=O)n2c1. The normalized spacial score (nSPS) is 10.7. The van der Waals surface area contributed by atoms with Gasteiger partial charge in [0.15, 0.2) is 0 Å². The zero-order chi connectivity index (χ0) is 22.7. The lowest BCUT2D eigenvalue weighted by molar-refractivity contribution is 0.261. The highest BCUT2D eigenvalue weighted by atomic mass is 16.5. The molecule has 7 heteroatoms. The Morgan fingerprint density at radius 3 is 2.59 bits per heavy atom.